The number of morpholine rings is 1. The van der Waals surface area contributed by atoms with Crippen molar-refractivity contribution in [1.29, 1.82) is 0 Å². The maximum absolute atomic E-state index is 11.7. The fourth-order valence-electron chi connectivity index (χ4n) is 3.01. The minimum Gasteiger partial charge on any atom is -0.480 e. The van der Waals surface area contributed by atoms with Crippen LogP contribution in [0.1, 0.15) is 23.8 Å². The first-order valence-corrected chi connectivity index (χ1v) is 7.90. The minimum atomic E-state index is -0.777. The van der Waals surface area contributed by atoms with Crippen LogP contribution in [0.4, 0.5) is 0 Å². The van der Waals surface area contributed by atoms with E-state index in [0.29, 0.717) is 26.1 Å². The molecule has 0 aliphatic carbocycles. The monoisotopic (exact) mass is 315 g/mol. The molecule has 5 nitrogen and oxygen atoms in total. The van der Waals surface area contributed by atoms with Crippen LogP contribution in [0.3, 0.4) is 0 Å². The number of furan rings is 1. The van der Waals surface area contributed by atoms with Crippen LogP contribution in [-0.4, -0.2) is 41.7 Å². The maximum atomic E-state index is 11.7. The molecule has 1 aliphatic heterocycles. The summed E-state index contributed by atoms with van der Waals surface area (Å²) in [4.78, 5) is 13.7. The number of hydrogen-bond acceptors (Lipinski definition) is 4. The molecule has 1 aliphatic rings. The van der Waals surface area contributed by atoms with Crippen LogP contribution >= 0.6 is 0 Å². The van der Waals surface area contributed by atoms with E-state index in [1.807, 2.05) is 47.4 Å². The second-order valence-corrected chi connectivity index (χ2v) is 5.75. The van der Waals surface area contributed by atoms with E-state index in [0.717, 1.165) is 17.7 Å². The van der Waals surface area contributed by atoms with Crippen LogP contribution in [0, 0.1) is 0 Å². The summed E-state index contributed by atoms with van der Waals surface area (Å²) in [5.74, 6) is -0.0251. The topological polar surface area (TPSA) is 62.9 Å². The van der Waals surface area contributed by atoms with E-state index in [9.17, 15) is 9.90 Å². The van der Waals surface area contributed by atoms with Crippen LogP contribution in [0.15, 0.2) is 53.1 Å². The lowest BCUT2D eigenvalue weighted by molar-refractivity contribution is -0.147. The third-order valence-corrected chi connectivity index (χ3v) is 4.23. The Balaban J connectivity index is 1.64. The minimum absolute atomic E-state index is 0.197. The van der Waals surface area contributed by atoms with Gasteiger partial charge in [-0.2, -0.15) is 0 Å². The van der Waals surface area contributed by atoms with Crippen molar-refractivity contribution in [2.24, 2.45) is 0 Å². The van der Waals surface area contributed by atoms with Gasteiger partial charge in [-0.1, -0.05) is 30.3 Å². The van der Waals surface area contributed by atoms with Gasteiger partial charge < -0.3 is 14.3 Å². The summed E-state index contributed by atoms with van der Waals surface area (Å²) in [7, 11) is 0. The summed E-state index contributed by atoms with van der Waals surface area (Å²) in [5, 5.41) is 9.61. The van der Waals surface area contributed by atoms with Crippen molar-refractivity contribution < 1.29 is 19.1 Å². The van der Waals surface area contributed by atoms with Gasteiger partial charge in [0.15, 0.2) is 0 Å². The largest absolute Gasteiger partial charge is 0.480 e. The summed E-state index contributed by atoms with van der Waals surface area (Å²) in [6, 6.07) is 13.2. The van der Waals surface area contributed by atoms with E-state index in [1.54, 1.807) is 6.26 Å². The molecule has 1 N–H and O–H groups in total. The number of ether oxygens (including phenoxy) is 1. The molecule has 3 rings (SSSR count). The van der Waals surface area contributed by atoms with Crippen molar-refractivity contribution in [2.75, 3.05) is 19.7 Å². The summed E-state index contributed by atoms with van der Waals surface area (Å²) in [6.07, 6.45) is 2.75. The van der Waals surface area contributed by atoms with Crippen molar-refractivity contribution in [1.82, 2.24) is 4.90 Å². The first kappa shape index (κ1) is 15.8. The first-order valence-electron chi connectivity index (χ1n) is 7.90. The summed E-state index contributed by atoms with van der Waals surface area (Å²) in [5.41, 5.74) is 1.16. The molecule has 2 unspecified atom stereocenters. The van der Waals surface area contributed by atoms with Crippen LogP contribution in [0.5, 0.6) is 0 Å². The van der Waals surface area contributed by atoms with Crippen LogP contribution < -0.4 is 0 Å². The van der Waals surface area contributed by atoms with Crippen LogP contribution in [0.2, 0.25) is 0 Å². The highest BCUT2D eigenvalue weighted by atomic mass is 16.5. The van der Waals surface area contributed by atoms with Crippen molar-refractivity contribution in [3.05, 3.63) is 60.1 Å². The van der Waals surface area contributed by atoms with Gasteiger partial charge in [-0.15, -0.1) is 0 Å². The molecule has 0 radical (unpaired) electrons. The van der Waals surface area contributed by atoms with E-state index in [-0.39, 0.29) is 6.10 Å². The molecule has 2 aromatic rings. The summed E-state index contributed by atoms with van der Waals surface area (Å²) < 4.78 is 11.1. The molecule has 1 saturated heterocycles. The number of rotatable bonds is 6. The third-order valence-electron chi connectivity index (χ3n) is 4.23. The predicted octanol–water partition coefficient (Wildman–Crippen LogP) is 2.74. The van der Waals surface area contributed by atoms with Gasteiger partial charge in [-0.05, 0) is 30.5 Å². The van der Waals surface area contributed by atoms with Crippen LogP contribution in [0.25, 0.3) is 0 Å². The normalized spacial score (nSPS) is 20.3. The molecular weight excluding hydrogens is 294 g/mol. The molecule has 1 fully saturated rings. The highest BCUT2D eigenvalue weighted by Crippen LogP contribution is 2.25. The van der Waals surface area contributed by atoms with E-state index >= 15 is 0 Å². The number of hydrogen-bond donors (Lipinski definition) is 1. The number of carboxylic acid groups (broad SMARTS) is 1. The summed E-state index contributed by atoms with van der Waals surface area (Å²) in [6.45, 7) is 1.68. The zero-order chi connectivity index (χ0) is 16.1. The lowest BCUT2D eigenvalue weighted by atomic mass is 10.0. The highest BCUT2D eigenvalue weighted by molar-refractivity contribution is 5.73. The molecule has 1 aromatic carbocycles. The van der Waals surface area contributed by atoms with E-state index in [4.69, 9.17) is 9.15 Å². The number of benzene rings is 1. The number of nitrogens with zero attached hydrogens (tertiary/aromatic N) is 1. The SMILES string of the molecule is O=C(O)C(CCc1ccccc1)N1CCOC(c2ccco2)C1. The van der Waals surface area contributed by atoms with Crippen LogP contribution in [-0.2, 0) is 16.0 Å². The smallest absolute Gasteiger partial charge is 0.320 e. The van der Waals surface area contributed by atoms with Gasteiger partial charge in [-0.25, -0.2) is 0 Å². The van der Waals surface area contributed by atoms with Gasteiger partial charge >= 0.3 is 5.97 Å². The second-order valence-electron chi connectivity index (χ2n) is 5.75. The molecule has 1 aromatic heterocycles. The number of carbonyl (C=O) groups is 1. The molecule has 2 atom stereocenters. The quantitative estimate of drug-likeness (QED) is 0.888. The zero-order valence-electron chi connectivity index (χ0n) is 12.9. The van der Waals surface area contributed by atoms with Gasteiger partial charge in [0.2, 0.25) is 0 Å². The van der Waals surface area contributed by atoms with Crippen molar-refractivity contribution >= 4 is 5.97 Å². The van der Waals surface area contributed by atoms with Crippen molar-refractivity contribution in [3.8, 4) is 0 Å². The third kappa shape index (κ3) is 4.00. The number of aliphatic carboxylic acids is 1. The van der Waals surface area contributed by atoms with Gasteiger partial charge in [0, 0.05) is 13.1 Å². The Bertz CT molecular complexity index is 611. The molecule has 2 heterocycles. The Hall–Kier alpha value is -2.11. The van der Waals surface area contributed by atoms with Crippen molar-refractivity contribution in [3.63, 3.8) is 0 Å². The molecule has 0 bridgehead atoms. The molecule has 0 spiro atoms. The molecule has 0 saturated carbocycles. The Morgan fingerprint density at radius 1 is 1.26 bits per heavy atom. The van der Waals surface area contributed by atoms with Gasteiger partial charge in [0.1, 0.15) is 17.9 Å². The second kappa shape index (κ2) is 7.44. The Morgan fingerprint density at radius 2 is 2.09 bits per heavy atom. The van der Waals surface area contributed by atoms with E-state index in [1.165, 1.54) is 0 Å². The van der Waals surface area contributed by atoms with Gasteiger partial charge in [0.25, 0.3) is 0 Å². The van der Waals surface area contributed by atoms with E-state index < -0.39 is 12.0 Å². The number of carboxylic acids is 1. The lowest BCUT2D eigenvalue weighted by Crippen LogP contribution is -2.48. The first-order chi connectivity index (χ1) is 11.2. The number of aryl methyl sites for hydroxylation is 1. The zero-order valence-corrected chi connectivity index (χ0v) is 12.9. The molecule has 0 amide bonds. The maximum Gasteiger partial charge on any atom is 0.320 e. The van der Waals surface area contributed by atoms with Gasteiger partial charge in [0.05, 0.1) is 12.9 Å². The fraction of sp³-hybridized carbons (Fsp3) is 0.389. The highest BCUT2D eigenvalue weighted by Gasteiger charge is 2.32. The molecule has 122 valence electrons. The Kier molecular flexibility index (Phi) is 5.10. The fourth-order valence-corrected chi connectivity index (χ4v) is 3.01. The molecule has 23 heavy (non-hydrogen) atoms. The predicted molar refractivity (Wildman–Crippen MR) is 85.2 cm³/mol. The lowest BCUT2D eigenvalue weighted by Gasteiger charge is -2.35. The van der Waals surface area contributed by atoms with Gasteiger partial charge in [-0.3, -0.25) is 9.69 Å². The van der Waals surface area contributed by atoms with E-state index in [2.05, 4.69) is 0 Å². The Labute approximate surface area is 135 Å². The summed E-state index contributed by atoms with van der Waals surface area (Å²) >= 11 is 0. The van der Waals surface area contributed by atoms with Crippen molar-refractivity contribution in [2.45, 2.75) is 25.0 Å². The molecule has 5 heteroatoms. The average molecular weight is 315 g/mol. The molecular formula is C18H21NO4. The average Bonchev–Trinajstić information content (AvgIpc) is 3.10. The Morgan fingerprint density at radius 3 is 2.78 bits per heavy atom. The standard InChI is InChI=1S/C18H21NO4/c20-18(21)15(9-8-14-5-2-1-3-6-14)19-10-12-23-17(13-19)16-7-4-11-22-16/h1-7,11,15,17H,8-10,12-13H2,(H,20,21).